The Labute approximate surface area is 118 Å². The molecule has 0 saturated carbocycles. The summed E-state index contributed by atoms with van der Waals surface area (Å²) in [5.74, 6) is 0.287. The van der Waals surface area contributed by atoms with E-state index in [9.17, 15) is 10.1 Å². The highest BCUT2D eigenvalue weighted by Gasteiger charge is 2.20. The van der Waals surface area contributed by atoms with Gasteiger partial charge in [0.25, 0.3) is 0 Å². The van der Waals surface area contributed by atoms with Gasteiger partial charge in [-0.3, -0.25) is 10.1 Å². The van der Waals surface area contributed by atoms with Crippen molar-refractivity contribution >= 4 is 17.4 Å². The summed E-state index contributed by atoms with van der Waals surface area (Å²) in [7, 11) is 3.15. The van der Waals surface area contributed by atoms with Crippen LogP contribution in [0.1, 0.15) is 5.69 Å². The van der Waals surface area contributed by atoms with Crippen molar-refractivity contribution in [2.45, 2.75) is 16.8 Å². The molecule has 0 unspecified atom stereocenters. The molecule has 0 amide bonds. The van der Waals surface area contributed by atoms with Crippen molar-refractivity contribution in [1.29, 1.82) is 0 Å². The van der Waals surface area contributed by atoms with Crippen molar-refractivity contribution in [2.75, 3.05) is 7.11 Å². The minimum Gasteiger partial charge on any atom is -0.481 e. The molecule has 2 heterocycles. The number of aromatic nitrogens is 3. The first kappa shape index (κ1) is 14.3. The minimum atomic E-state index is -0.509. The number of pyridine rings is 1. The molecule has 0 aliphatic heterocycles. The van der Waals surface area contributed by atoms with E-state index in [0.29, 0.717) is 10.9 Å². The number of aliphatic hydroxyl groups is 1. The number of nitrogens with zero attached hydrogens (tertiary/aromatic N) is 4. The normalized spacial score (nSPS) is 10.6. The first-order chi connectivity index (χ1) is 9.56. The predicted octanol–water partition coefficient (Wildman–Crippen LogP) is 1.38. The lowest BCUT2D eigenvalue weighted by Crippen LogP contribution is -1.99. The van der Waals surface area contributed by atoms with Crippen molar-refractivity contribution in [2.24, 2.45) is 7.05 Å². The quantitative estimate of drug-likeness (QED) is 0.656. The maximum atomic E-state index is 11.0. The molecule has 8 nitrogen and oxygen atoms in total. The molecule has 0 aromatic carbocycles. The summed E-state index contributed by atoms with van der Waals surface area (Å²) in [5, 5.41) is 20.8. The second-order valence-electron chi connectivity index (χ2n) is 3.79. The first-order valence-corrected chi connectivity index (χ1v) is 6.37. The smallest absolute Gasteiger partial charge is 0.302 e. The molecule has 0 spiro atoms. The number of nitro groups is 1. The Bertz CT molecular complexity index is 643. The third-order valence-corrected chi connectivity index (χ3v) is 3.67. The third kappa shape index (κ3) is 2.73. The van der Waals surface area contributed by atoms with Crippen LogP contribution in [0.5, 0.6) is 5.88 Å². The van der Waals surface area contributed by atoms with Gasteiger partial charge in [0.05, 0.1) is 30.5 Å². The van der Waals surface area contributed by atoms with E-state index in [1.165, 1.54) is 25.4 Å². The molecule has 2 aromatic rings. The van der Waals surface area contributed by atoms with Crippen LogP contribution in [0, 0.1) is 10.1 Å². The zero-order valence-corrected chi connectivity index (χ0v) is 11.6. The van der Waals surface area contributed by atoms with Crippen molar-refractivity contribution in [3.05, 3.63) is 34.1 Å². The Balaban J connectivity index is 2.40. The van der Waals surface area contributed by atoms with Gasteiger partial charge in [-0.2, -0.15) is 4.98 Å². The zero-order chi connectivity index (χ0) is 14.7. The molecule has 1 N–H and O–H groups in total. The van der Waals surface area contributed by atoms with Crippen LogP contribution in [-0.4, -0.2) is 31.7 Å². The van der Waals surface area contributed by atoms with E-state index in [-0.39, 0.29) is 23.2 Å². The van der Waals surface area contributed by atoms with Crippen molar-refractivity contribution in [3.8, 4) is 5.88 Å². The zero-order valence-electron chi connectivity index (χ0n) is 10.8. The average Bonchev–Trinajstić information content (AvgIpc) is 2.79. The third-order valence-electron chi connectivity index (χ3n) is 2.61. The average molecular weight is 296 g/mol. The Morgan fingerprint density at radius 2 is 2.30 bits per heavy atom. The summed E-state index contributed by atoms with van der Waals surface area (Å²) in [4.78, 5) is 18.7. The van der Waals surface area contributed by atoms with Gasteiger partial charge in [0, 0.05) is 19.2 Å². The summed E-state index contributed by atoms with van der Waals surface area (Å²) in [6, 6.07) is 2.77. The van der Waals surface area contributed by atoms with Crippen molar-refractivity contribution in [3.63, 3.8) is 0 Å². The SMILES string of the molecule is COc1ccc([N+](=O)[O-])c(Sc2ncc(CO)n2C)n1. The van der Waals surface area contributed by atoms with Crippen molar-refractivity contribution < 1.29 is 14.8 Å². The van der Waals surface area contributed by atoms with Crippen molar-refractivity contribution in [1.82, 2.24) is 14.5 Å². The highest BCUT2D eigenvalue weighted by atomic mass is 32.2. The number of methoxy groups -OCH3 is 1. The fraction of sp³-hybridized carbons (Fsp3) is 0.273. The molecule has 0 radical (unpaired) electrons. The highest BCUT2D eigenvalue weighted by Crippen LogP contribution is 2.33. The summed E-state index contributed by atoms with van der Waals surface area (Å²) in [6.45, 7) is -0.155. The highest BCUT2D eigenvalue weighted by molar-refractivity contribution is 7.99. The number of hydrogen-bond acceptors (Lipinski definition) is 7. The minimum absolute atomic E-state index is 0.121. The number of hydrogen-bond donors (Lipinski definition) is 1. The van der Waals surface area contributed by atoms with Crippen LogP contribution in [-0.2, 0) is 13.7 Å². The molecule has 0 bridgehead atoms. The summed E-state index contributed by atoms with van der Waals surface area (Å²) in [6.07, 6.45) is 1.51. The Morgan fingerprint density at radius 3 is 2.85 bits per heavy atom. The van der Waals surface area contributed by atoms with Crippen LogP contribution < -0.4 is 4.74 Å². The number of ether oxygens (including phenoxy) is 1. The summed E-state index contributed by atoms with van der Waals surface area (Å²) < 4.78 is 6.62. The van der Waals surface area contributed by atoms with E-state index >= 15 is 0 Å². The predicted molar refractivity (Wildman–Crippen MR) is 70.7 cm³/mol. The standard InChI is InChI=1S/C11H12N4O4S/c1-14-7(6-16)5-12-11(14)20-10-8(15(17)18)3-4-9(13-10)19-2/h3-5,16H,6H2,1-2H3. The molecule has 0 atom stereocenters. The molecule has 9 heteroatoms. The van der Waals surface area contributed by atoms with E-state index < -0.39 is 4.92 Å². The topological polar surface area (TPSA) is 103 Å². The largest absolute Gasteiger partial charge is 0.481 e. The van der Waals surface area contributed by atoms with Gasteiger partial charge in [-0.1, -0.05) is 0 Å². The lowest BCUT2D eigenvalue weighted by Gasteiger charge is -2.05. The van der Waals surface area contributed by atoms with Gasteiger partial charge >= 0.3 is 5.69 Å². The van der Waals surface area contributed by atoms with Gasteiger partial charge in [0.1, 0.15) is 0 Å². The molecule has 0 aliphatic carbocycles. The van der Waals surface area contributed by atoms with Crippen LogP contribution in [0.4, 0.5) is 5.69 Å². The molecular formula is C11H12N4O4S. The first-order valence-electron chi connectivity index (χ1n) is 5.55. The summed E-state index contributed by atoms with van der Waals surface area (Å²) in [5.41, 5.74) is 0.488. The number of imidazole rings is 1. The van der Waals surface area contributed by atoms with Gasteiger partial charge < -0.3 is 14.4 Å². The van der Waals surface area contributed by atoms with Gasteiger partial charge in [-0.05, 0) is 11.8 Å². The summed E-state index contributed by atoms with van der Waals surface area (Å²) >= 11 is 1.04. The molecule has 2 aromatic heterocycles. The van der Waals surface area contributed by atoms with E-state index in [1.807, 2.05) is 0 Å². The monoisotopic (exact) mass is 296 g/mol. The lowest BCUT2D eigenvalue weighted by molar-refractivity contribution is -0.388. The Kier molecular flexibility index (Phi) is 4.20. The fourth-order valence-electron chi connectivity index (χ4n) is 1.50. The van der Waals surface area contributed by atoms with E-state index in [0.717, 1.165) is 11.8 Å². The Hall–Kier alpha value is -2.13. The number of aliphatic hydroxyl groups excluding tert-OH is 1. The molecule has 2 rings (SSSR count). The molecular weight excluding hydrogens is 284 g/mol. The Morgan fingerprint density at radius 1 is 1.55 bits per heavy atom. The van der Waals surface area contributed by atoms with Gasteiger partial charge in [0.15, 0.2) is 10.2 Å². The van der Waals surface area contributed by atoms with Crippen LogP contribution >= 0.6 is 11.8 Å². The van der Waals surface area contributed by atoms with Gasteiger partial charge in [0.2, 0.25) is 5.88 Å². The van der Waals surface area contributed by atoms with E-state index in [2.05, 4.69) is 9.97 Å². The fourth-order valence-corrected chi connectivity index (χ4v) is 2.41. The van der Waals surface area contributed by atoms with Crippen LogP contribution in [0.25, 0.3) is 0 Å². The van der Waals surface area contributed by atoms with E-state index in [1.54, 1.807) is 11.6 Å². The lowest BCUT2D eigenvalue weighted by atomic mass is 10.4. The van der Waals surface area contributed by atoms with Crippen LogP contribution in [0.2, 0.25) is 0 Å². The molecule has 106 valence electrons. The molecule has 0 aliphatic rings. The van der Waals surface area contributed by atoms with Gasteiger partial charge in [-0.15, -0.1) is 0 Å². The van der Waals surface area contributed by atoms with E-state index in [4.69, 9.17) is 9.84 Å². The molecule has 20 heavy (non-hydrogen) atoms. The van der Waals surface area contributed by atoms with Gasteiger partial charge in [-0.25, -0.2) is 4.98 Å². The van der Waals surface area contributed by atoms with Crippen LogP contribution in [0.3, 0.4) is 0 Å². The maximum absolute atomic E-state index is 11.0. The second-order valence-corrected chi connectivity index (χ2v) is 4.74. The number of rotatable bonds is 5. The van der Waals surface area contributed by atoms with Crippen LogP contribution in [0.15, 0.2) is 28.5 Å². The second kappa shape index (κ2) is 5.88. The molecule has 0 fully saturated rings. The maximum Gasteiger partial charge on any atom is 0.302 e. The molecule has 0 saturated heterocycles.